The quantitative estimate of drug-likeness (QED) is 0.824. The van der Waals surface area contributed by atoms with Crippen LogP contribution in [0.25, 0.3) is 0 Å². The molecule has 0 spiro atoms. The van der Waals surface area contributed by atoms with E-state index in [0.29, 0.717) is 11.5 Å². The van der Waals surface area contributed by atoms with Crippen LogP contribution in [0.15, 0.2) is 24.3 Å². The second-order valence-corrected chi connectivity index (χ2v) is 7.67. The lowest BCUT2D eigenvalue weighted by Gasteiger charge is -2.39. The van der Waals surface area contributed by atoms with Crippen LogP contribution in [0.3, 0.4) is 0 Å². The van der Waals surface area contributed by atoms with Crippen LogP contribution in [-0.2, 0) is 9.53 Å². The van der Waals surface area contributed by atoms with E-state index in [2.05, 4.69) is 18.7 Å². The summed E-state index contributed by atoms with van der Waals surface area (Å²) in [6.45, 7) is 8.09. The fourth-order valence-electron chi connectivity index (χ4n) is 4.37. The Labute approximate surface area is 155 Å². The summed E-state index contributed by atoms with van der Waals surface area (Å²) in [4.78, 5) is 17.5. The van der Waals surface area contributed by atoms with Crippen molar-refractivity contribution in [3.63, 3.8) is 0 Å². The van der Waals surface area contributed by atoms with Crippen molar-refractivity contribution < 1.29 is 19.0 Å². The van der Waals surface area contributed by atoms with E-state index in [4.69, 9.17) is 14.2 Å². The second kappa shape index (κ2) is 7.45. The Morgan fingerprint density at radius 1 is 1.15 bits per heavy atom. The fourth-order valence-corrected chi connectivity index (χ4v) is 4.37. The van der Waals surface area contributed by atoms with Gasteiger partial charge in [-0.2, -0.15) is 0 Å². The Kier molecular flexibility index (Phi) is 5.05. The average molecular weight is 360 g/mol. The van der Waals surface area contributed by atoms with E-state index < -0.39 is 6.10 Å². The second-order valence-electron chi connectivity index (χ2n) is 7.67. The van der Waals surface area contributed by atoms with E-state index >= 15 is 0 Å². The minimum atomic E-state index is -0.548. The first kappa shape index (κ1) is 17.6. The largest absolute Gasteiger partial charge is 0.485 e. The number of hydrogen-bond donors (Lipinski definition) is 0. The van der Waals surface area contributed by atoms with Gasteiger partial charge in [-0.1, -0.05) is 12.1 Å². The highest BCUT2D eigenvalue weighted by atomic mass is 16.6. The predicted octanol–water partition coefficient (Wildman–Crippen LogP) is 1.93. The Hall–Kier alpha value is -1.79. The lowest BCUT2D eigenvalue weighted by molar-refractivity contribution is -0.143. The van der Waals surface area contributed by atoms with E-state index in [-0.39, 0.29) is 30.8 Å². The van der Waals surface area contributed by atoms with E-state index in [1.165, 1.54) is 0 Å². The number of morpholine rings is 1. The first-order valence-corrected chi connectivity index (χ1v) is 9.67. The first-order chi connectivity index (χ1) is 12.6. The van der Waals surface area contributed by atoms with Crippen LogP contribution in [0.2, 0.25) is 0 Å². The molecule has 1 amide bonds. The Balaban J connectivity index is 1.39. The van der Waals surface area contributed by atoms with Gasteiger partial charge in [-0.15, -0.1) is 0 Å². The van der Waals surface area contributed by atoms with Crippen molar-refractivity contribution in [1.82, 2.24) is 9.80 Å². The molecule has 0 radical (unpaired) electrons. The number of para-hydroxylation sites is 2. The van der Waals surface area contributed by atoms with Crippen molar-refractivity contribution in [3.05, 3.63) is 24.3 Å². The summed E-state index contributed by atoms with van der Waals surface area (Å²) in [5.41, 5.74) is 0. The molecular weight excluding hydrogens is 332 g/mol. The maximum Gasteiger partial charge on any atom is 0.267 e. The third-order valence-corrected chi connectivity index (χ3v) is 5.41. The lowest BCUT2D eigenvalue weighted by atomic mass is 10.1. The molecule has 26 heavy (non-hydrogen) atoms. The summed E-state index contributed by atoms with van der Waals surface area (Å²) >= 11 is 0. The van der Waals surface area contributed by atoms with Gasteiger partial charge in [0, 0.05) is 32.2 Å². The minimum Gasteiger partial charge on any atom is -0.485 e. The molecule has 4 atom stereocenters. The van der Waals surface area contributed by atoms with Crippen LogP contribution in [-0.4, -0.2) is 72.8 Å². The van der Waals surface area contributed by atoms with Crippen LogP contribution in [0, 0.1) is 0 Å². The third-order valence-electron chi connectivity index (χ3n) is 5.41. The molecule has 0 bridgehead atoms. The van der Waals surface area contributed by atoms with E-state index in [1.54, 1.807) is 0 Å². The first-order valence-electron chi connectivity index (χ1n) is 9.67. The summed E-state index contributed by atoms with van der Waals surface area (Å²) in [5.74, 6) is 1.42. The number of rotatable bonds is 3. The smallest absolute Gasteiger partial charge is 0.267 e. The molecule has 0 aliphatic carbocycles. The van der Waals surface area contributed by atoms with Gasteiger partial charge in [0.05, 0.1) is 12.2 Å². The number of likely N-dealkylation sites (tertiary alicyclic amines) is 1. The highest BCUT2D eigenvalue weighted by Gasteiger charge is 2.38. The summed E-state index contributed by atoms with van der Waals surface area (Å²) in [6.07, 6.45) is 2.05. The zero-order chi connectivity index (χ0) is 18.1. The van der Waals surface area contributed by atoms with Crippen molar-refractivity contribution in [1.29, 1.82) is 0 Å². The molecule has 0 saturated carbocycles. The standard InChI is InChI=1S/C20H28N2O4/c1-14-10-21(11-15(2)25-14)12-16-6-5-9-22(16)20(23)19-13-24-17-7-3-4-8-18(17)26-19/h3-4,7-8,14-16,19H,5-6,9-13H2,1-2H3/t14-,15-,16+,19+/m1/s1. The Morgan fingerprint density at radius 2 is 1.88 bits per heavy atom. The van der Waals surface area contributed by atoms with Gasteiger partial charge in [0.25, 0.3) is 5.91 Å². The molecule has 1 aromatic carbocycles. The number of carbonyl (C=O) groups is 1. The maximum atomic E-state index is 13.1. The van der Waals surface area contributed by atoms with Crippen molar-refractivity contribution in [3.8, 4) is 11.5 Å². The third kappa shape index (κ3) is 3.67. The highest BCUT2D eigenvalue weighted by molar-refractivity contribution is 5.82. The minimum absolute atomic E-state index is 0.0522. The van der Waals surface area contributed by atoms with Gasteiger partial charge < -0.3 is 19.1 Å². The molecule has 6 heteroatoms. The van der Waals surface area contributed by atoms with Crippen LogP contribution in [0.4, 0.5) is 0 Å². The zero-order valence-electron chi connectivity index (χ0n) is 15.6. The number of amides is 1. The molecule has 3 heterocycles. The van der Waals surface area contributed by atoms with Crippen LogP contribution in [0.1, 0.15) is 26.7 Å². The van der Waals surface area contributed by atoms with E-state index in [1.807, 2.05) is 29.2 Å². The van der Waals surface area contributed by atoms with Gasteiger partial charge >= 0.3 is 0 Å². The van der Waals surface area contributed by atoms with Crippen LogP contribution < -0.4 is 9.47 Å². The molecule has 142 valence electrons. The van der Waals surface area contributed by atoms with Gasteiger partial charge in [0.2, 0.25) is 6.10 Å². The van der Waals surface area contributed by atoms with Crippen molar-refractivity contribution >= 4 is 5.91 Å². The molecule has 2 fully saturated rings. The zero-order valence-corrected chi connectivity index (χ0v) is 15.6. The monoisotopic (exact) mass is 360 g/mol. The molecule has 3 aliphatic rings. The predicted molar refractivity (Wildman–Crippen MR) is 97.5 cm³/mol. The number of hydrogen-bond acceptors (Lipinski definition) is 5. The van der Waals surface area contributed by atoms with Gasteiger partial charge in [-0.05, 0) is 38.8 Å². The number of benzene rings is 1. The number of nitrogens with zero attached hydrogens (tertiary/aromatic N) is 2. The maximum absolute atomic E-state index is 13.1. The normalized spacial score (nSPS) is 31.8. The Bertz CT molecular complexity index is 642. The number of ether oxygens (including phenoxy) is 3. The molecule has 0 N–H and O–H groups in total. The topological polar surface area (TPSA) is 51.2 Å². The lowest BCUT2D eigenvalue weighted by Crippen LogP contribution is -2.53. The number of carbonyl (C=O) groups excluding carboxylic acids is 1. The van der Waals surface area contributed by atoms with Crippen molar-refractivity contribution in [2.75, 3.05) is 32.8 Å². The molecular formula is C20H28N2O4. The van der Waals surface area contributed by atoms with Crippen molar-refractivity contribution in [2.24, 2.45) is 0 Å². The van der Waals surface area contributed by atoms with Gasteiger partial charge in [0.1, 0.15) is 6.61 Å². The SMILES string of the molecule is C[C@@H]1CN(C[C@@H]2CCCN2C(=O)[C@@H]2COc3ccccc3O2)C[C@@H](C)O1. The van der Waals surface area contributed by atoms with Gasteiger partial charge in [-0.25, -0.2) is 0 Å². The molecule has 2 saturated heterocycles. The fraction of sp³-hybridized carbons (Fsp3) is 0.650. The van der Waals surface area contributed by atoms with Crippen molar-refractivity contribution in [2.45, 2.75) is 51.0 Å². The van der Waals surface area contributed by atoms with Gasteiger partial charge in [0.15, 0.2) is 11.5 Å². The average Bonchev–Trinajstić information content (AvgIpc) is 3.08. The summed E-state index contributed by atoms with van der Waals surface area (Å²) < 4.78 is 17.5. The molecule has 0 aromatic heterocycles. The summed E-state index contributed by atoms with van der Waals surface area (Å²) in [7, 11) is 0. The van der Waals surface area contributed by atoms with Gasteiger partial charge in [-0.3, -0.25) is 9.69 Å². The highest BCUT2D eigenvalue weighted by Crippen LogP contribution is 2.32. The summed E-state index contributed by atoms with van der Waals surface area (Å²) in [5, 5.41) is 0. The molecule has 1 aromatic rings. The Morgan fingerprint density at radius 3 is 2.65 bits per heavy atom. The van der Waals surface area contributed by atoms with E-state index in [0.717, 1.165) is 39.0 Å². The molecule has 4 rings (SSSR count). The molecule has 6 nitrogen and oxygen atoms in total. The summed E-state index contributed by atoms with van der Waals surface area (Å²) in [6, 6.07) is 7.78. The van der Waals surface area contributed by atoms with E-state index in [9.17, 15) is 4.79 Å². The number of fused-ring (bicyclic) bond motifs is 1. The molecule has 0 unspecified atom stereocenters. The van der Waals surface area contributed by atoms with Crippen LogP contribution >= 0.6 is 0 Å². The molecule has 3 aliphatic heterocycles. The van der Waals surface area contributed by atoms with Crippen LogP contribution in [0.5, 0.6) is 11.5 Å².